The molecule has 0 aromatic heterocycles. The lowest BCUT2D eigenvalue weighted by Crippen LogP contribution is -2.56. The number of hydrogen-bond donors (Lipinski definition) is 2. The molecule has 4 fully saturated rings. The van der Waals surface area contributed by atoms with E-state index in [1.165, 1.54) is 43.2 Å². The lowest BCUT2D eigenvalue weighted by molar-refractivity contribution is -0.0418. The van der Waals surface area contributed by atoms with Crippen molar-refractivity contribution in [3.63, 3.8) is 0 Å². The largest absolute Gasteiger partial charge is 0.507 e. The summed E-state index contributed by atoms with van der Waals surface area (Å²) in [6.07, 6.45) is 6.50. The highest BCUT2D eigenvalue weighted by Crippen LogP contribution is 2.65. The molecule has 0 amide bonds. The lowest BCUT2D eigenvalue weighted by atomic mass is 9.42. The maximum Gasteiger partial charge on any atom is 0.123 e. The third-order valence-corrected chi connectivity index (χ3v) is 9.54. The smallest absolute Gasteiger partial charge is 0.123 e. The number of phenolic OH excluding ortho intramolecular Hbond substituents is 2. The molecule has 0 aliphatic heterocycles. The van der Waals surface area contributed by atoms with Crippen LogP contribution >= 0.6 is 0 Å². The van der Waals surface area contributed by atoms with Gasteiger partial charge in [0.05, 0.1) is 0 Å². The van der Waals surface area contributed by atoms with Crippen LogP contribution in [-0.2, 0) is 5.41 Å². The number of aromatic hydroxyl groups is 2. The summed E-state index contributed by atoms with van der Waals surface area (Å²) in [5.41, 5.74) is 6.43. The molecule has 0 spiro atoms. The molecule has 4 bridgehead atoms. The fourth-order valence-corrected chi connectivity index (χ4v) is 8.32. The second-order valence-corrected chi connectivity index (χ2v) is 11.4. The van der Waals surface area contributed by atoms with Crippen LogP contribution < -0.4 is 0 Å². The molecule has 4 saturated carbocycles. The van der Waals surface area contributed by atoms with Crippen molar-refractivity contribution in [1.29, 1.82) is 0 Å². The van der Waals surface area contributed by atoms with Gasteiger partial charge in [-0.15, -0.1) is 0 Å². The van der Waals surface area contributed by atoms with Crippen LogP contribution in [0.5, 0.6) is 11.5 Å². The van der Waals surface area contributed by atoms with Crippen molar-refractivity contribution in [2.45, 2.75) is 37.5 Å². The molecule has 4 aliphatic rings. The fourth-order valence-electron chi connectivity index (χ4n) is 8.32. The Kier molecular flexibility index (Phi) is 4.99. The van der Waals surface area contributed by atoms with Crippen LogP contribution in [0, 0.1) is 23.7 Å². The van der Waals surface area contributed by atoms with E-state index in [0.29, 0.717) is 23.3 Å². The minimum atomic E-state index is -0.109. The van der Waals surface area contributed by atoms with E-state index in [2.05, 4.69) is 48.5 Å². The van der Waals surface area contributed by atoms with Crippen LogP contribution in [-0.4, -0.2) is 10.2 Å². The summed E-state index contributed by atoms with van der Waals surface area (Å²) in [5.74, 6) is 3.51. The predicted octanol–water partition coefficient (Wildman–Crippen LogP) is 8.17. The van der Waals surface area contributed by atoms with Crippen LogP contribution in [0.4, 0.5) is 0 Å². The van der Waals surface area contributed by atoms with E-state index >= 15 is 0 Å². The first-order chi connectivity index (χ1) is 17.6. The average Bonchev–Trinajstić information content (AvgIpc) is 2.91. The molecule has 2 nitrogen and oxygen atoms in total. The van der Waals surface area contributed by atoms with Crippen LogP contribution in [0.15, 0.2) is 97.1 Å². The van der Waals surface area contributed by atoms with Gasteiger partial charge < -0.3 is 10.2 Å². The van der Waals surface area contributed by atoms with E-state index in [-0.39, 0.29) is 5.41 Å². The van der Waals surface area contributed by atoms with Gasteiger partial charge in [0.1, 0.15) is 11.5 Å². The maximum absolute atomic E-state index is 10.9. The molecule has 2 heteroatoms. The molecule has 0 atom stereocenters. The van der Waals surface area contributed by atoms with E-state index in [1.54, 1.807) is 0 Å². The normalized spacial score (nSPS) is 25.7. The van der Waals surface area contributed by atoms with Gasteiger partial charge in [0, 0.05) is 16.5 Å². The van der Waals surface area contributed by atoms with Crippen molar-refractivity contribution in [2.24, 2.45) is 23.7 Å². The minimum Gasteiger partial charge on any atom is -0.507 e. The molecule has 2 N–H and O–H groups in total. The SMILES string of the molecule is Oc1ccc(C2(c3ccc(O)c(-c4ccccc4)c3)C3CC4CC(C3)CC2C4)cc1-c1ccccc1. The van der Waals surface area contributed by atoms with E-state index < -0.39 is 0 Å². The van der Waals surface area contributed by atoms with Gasteiger partial charge in [-0.05, 0) is 102 Å². The summed E-state index contributed by atoms with van der Waals surface area (Å²) in [6, 6.07) is 33.2. The zero-order chi connectivity index (χ0) is 24.3. The molecule has 4 aromatic rings. The molecule has 180 valence electrons. The highest BCUT2D eigenvalue weighted by Gasteiger charge is 2.58. The Balaban J connectivity index is 1.46. The predicted molar refractivity (Wildman–Crippen MR) is 145 cm³/mol. The number of phenols is 2. The highest BCUT2D eigenvalue weighted by molar-refractivity contribution is 5.74. The van der Waals surface area contributed by atoms with E-state index in [0.717, 1.165) is 34.1 Å². The third kappa shape index (κ3) is 3.24. The highest BCUT2D eigenvalue weighted by atomic mass is 16.3. The van der Waals surface area contributed by atoms with Gasteiger partial charge >= 0.3 is 0 Å². The molecular weight excluding hydrogens is 440 g/mol. The molecule has 0 heterocycles. The van der Waals surface area contributed by atoms with Crippen molar-refractivity contribution in [2.75, 3.05) is 0 Å². The first-order valence-corrected chi connectivity index (χ1v) is 13.4. The second-order valence-electron chi connectivity index (χ2n) is 11.4. The van der Waals surface area contributed by atoms with Gasteiger partial charge in [0.25, 0.3) is 0 Å². The van der Waals surface area contributed by atoms with Gasteiger partial charge in [0.2, 0.25) is 0 Å². The first kappa shape index (κ1) is 21.7. The van der Waals surface area contributed by atoms with Crippen LogP contribution in [0.1, 0.15) is 43.2 Å². The molecule has 8 rings (SSSR count). The minimum absolute atomic E-state index is 0.109. The van der Waals surface area contributed by atoms with Crippen molar-refractivity contribution in [3.05, 3.63) is 108 Å². The molecule has 0 saturated heterocycles. The molecule has 36 heavy (non-hydrogen) atoms. The topological polar surface area (TPSA) is 40.5 Å². The molecule has 4 aliphatic carbocycles. The number of rotatable bonds is 4. The average molecular weight is 473 g/mol. The lowest BCUT2D eigenvalue weighted by Gasteiger charge is -2.62. The van der Waals surface area contributed by atoms with Crippen molar-refractivity contribution < 1.29 is 10.2 Å². The summed E-state index contributed by atoms with van der Waals surface area (Å²) >= 11 is 0. The quantitative estimate of drug-likeness (QED) is 0.314. The van der Waals surface area contributed by atoms with Crippen molar-refractivity contribution >= 4 is 0 Å². The van der Waals surface area contributed by atoms with Gasteiger partial charge in [-0.2, -0.15) is 0 Å². The molecular formula is C34H32O2. The zero-order valence-corrected chi connectivity index (χ0v) is 20.5. The van der Waals surface area contributed by atoms with Crippen molar-refractivity contribution in [1.82, 2.24) is 0 Å². The third-order valence-electron chi connectivity index (χ3n) is 9.54. The standard InChI is InChI=1S/C34H32O2/c35-32-13-11-26(20-30(32)24-7-3-1-4-8-24)34(28-16-22-15-23(18-28)19-29(34)17-22)27-12-14-33(36)31(21-27)25-9-5-2-6-10-25/h1-14,20-23,28-29,35-36H,15-19H2. The van der Waals surface area contributed by atoms with Gasteiger partial charge in [-0.3, -0.25) is 0 Å². The monoisotopic (exact) mass is 472 g/mol. The zero-order valence-electron chi connectivity index (χ0n) is 20.5. The Labute approximate surface area is 213 Å². The summed E-state index contributed by atoms with van der Waals surface area (Å²) in [5, 5.41) is 21.8. The molecule has 0 radical (unpaired) electrons. The summed E-state index contributed by atoms with van der Waals surface area (Å²) in [6.45, 7) is 0. The Hall–Kier alpha value is -3.52. The summed E-state index contributed by atoms with van der Waals surface area (Å²) in [4.78, 5) is 0. The Morgan fingerprint density at radius 3 is 1.33 bits per heavy atom. The summed E-state index contributed by atoms with van der Waals surface area (Å²) < 4.78 is 0. The van der Waals surface area contributed by atoms with Gasteiger partial charge in [-0.25, -0.2) is 0 Å². The summed E-state index contributed by atoms with van der Waals surface area (Å²) in [7, 11) is 0. The first-order valence-electron chi connectivity index (χ1n) is 13.4. The Morgan fingerprint density at radius 1 is 0.500 bits per heavy atom. The molecule has 0 unspecified atom stereocenters. The number of benzene rings is 4. The Bertz CT molecular complexity index is 1290. The maximum atomic E-state index is 10.9. The second kappa shape index (κ2) is 8.27. The van der Waals surface area contributed by atoms with Crippen LogP contribution in [0.3, 0.4) is 0 Å². The van der Waals surface area contributed by atoms with Crippen molar-refractivity contribution in [3.8, 4) is 33.8 Å². The number of hydrogen-bond acceptors (Lipinski definition) is 2. The fraction of sp³-hybridized carbons (Fsp3) is 0.294. The van der Waals surface area contributed by atoms with E-state index in [4.69, 9.17) is 0 Å². The van der Waals surface area contributed by atoms with Crippen LogP contribution in [0.25, 0.3) is 22.3 Å². The Morgan fingerprint density at radius 2 is 0.917 bits per heavy atom. The van der Waals surface area contributed by atoms with E-state index in [1.807, 2.05) is 48.5 Å². The van der Waals surface area contributed by atoms with Crippen LogP contribution in [0.2, 0.25) is 0 Å². The molecule has 4 aromatic carbocycles. The van der Waals surface area contributed by atoms with Gasteiger partial charge in [0.15, 0.2) is 0 Å². The van der Waals surface area contributed by atoms with Gasteiger partial charge in [-0.1, -0.05) is 72.8 Å². The van der Waals surface area contributed by atoms with E-state index in [9.17, 15) is 10.2 Å².